The Morgan fingerprint density at radius 2 is 1.55 bits per heavy atom. The van der Waals surface area contributed by atoms with Gasteiger partial charge in [-0.3, -0.25) is 9.69 Å². The first-order valence-electron chi connectivity index (χ1n) is 11.7. The number of fused-ring (bicyclic) bond motifs is 1. The lowest BCUT2D eigenvalue weighted by Gasteiger charge is -2.57. The summed E-state index contributed by atoms with van der Waals surface area (Å²) in [5.74, 6) is -0.224. The van der Waals surface area contributed by atoms with Crippen molar-refractivity contribution in [2.45, 2.75) is 30.8 Å². The Kier molecular flexibility index (Phi) is 6.25. The van der Waals surface area contributed by atoms with Crippen molar-refractivity contribution in [3.05, 3.63) is 95.8 Å². The molecule has 0 saturated carbocycles. The average molecular weight is 445 g/mol. The summed E-state index contributed by atoms with van der Waals surface area (Å²) in [5, 5.41) is 10.2. The van der Waals surface area contributed by atoms with Gasteiger partial charge in [-0.25, -0.2) is 4.39 Å². The van der Waals surface area contributed by atoms with Crippen molar-refractivity contribution in [1.82, 2.24) is 9.80 Å². The molecule has 3 aromatic carbocycles. The van der Waals surface area contributed by atoms with E-state index in [0.29, 0.717) is 18.7 Å². The third-order valence-electron chi connectivity index (χ3n) is 7.15. The van der Waals surface area contributed by atoms with Crippen LogP contribution in [0.25, 0.3) is 11.1 Å². The monoisotopic (exact) mass is 444 g/mol. The van der Waals surface area contributed by atoms with Gasteiger partial charge in [0.05, 0.1) is 6.61 Å². The highest BCUT2D eigenvalue weighted by Crippen LogP contribution is 2.42. The molecule has 0 aromatic heterocycles. The van der Waals surface area contributed by atoms with Crippen molar-refractivity contribution in [2.75, 3.05) is 26.2 Å². The van der Waals surface area contributed by atoms with Gasteiger partial charge < -0.3 is 10.0 Å². The lowest BCUT2D eigenvalue weighted by atomic mass is 9.74. The van der Waals surface area contributed by atoms with E-state index >= 15 is 0 Å². The minimum Gasteiger partial charge on any atom is -0.395 e. The molecule has 4 nitrogen and oxygen atoms in total. The van der Waals surface area contributed by atoms with E-state index in [4.69, 9.17) is 0 Å². The highest BCUT2D eigenvalue weighted by atomic mass is 19.1. The number of carbonyl (C=O) groups excluding carboxylic acids is 1. The maximum Gasteiger partial charge on any atom is 0.253 e. The SMILES string of the molecule is O=C(c1ccc(F)cc1)N1CCCCN2[C@H](CO)[C@H](c3ccc(-c4ccccc4)cc3)[C@@H]2C1. The maximum absolute atomic E-state index is 13.3. The normalized spacial score (nSPS) is 23.2. The topological polar surface area (TPSA) is 43.8 Å². The second kappa shape index (κ2) is 9.46. The maximum atomic E-state index is 13.3. The molecule has 5 heteroatoms. The first-order valence-corrected chi connectivity index (χ1v) is 11.7. The molecule has 2 saturated heterocycles. The van der Waals surface area contributed by atoms with E-state index in [9.17, 15) is 14.3 Å². The summed E-state index contributed by atoms with van der Waals surface area (Å²) in [6.45, 7) is 2.35. The van der Waals surface area contributed by atoms with Gasteiger partial charge in [0.15, 0.2) is 0 Å². The van der Waals surface area contributed by atoms with Gasteiger partial charge in [-0.2, -0.15) is 0 Å². The number of amides is 1. The van der Waals surface area contributed by atoms with Gasteiger partial charge in [0, 0.05) is 36.7 Å². The molecule has 2 heterocycles. The van der Waals surface area contributed by atoms with E-state index in [-0.39, 0.29) is 36.3 Å². The molecule has 1 N–H and O–H groups in total. The van der Waals surface area contributed by atoms with Gasteiger partial charge in [-0.05, 0) is 60.3 Å². The highest BCUT2D eigenvalue weighted by molar-refractivity contribution is 5.94. The molecule has 0 unspecified atom stereocenters. The summed E-state index contributed by atoms with van der Waals surface area (Å²) in [4.78, 5) is 17.5. The van der Waals surface area contributed by atoms with E-state index in [0.717, 1.165) is 19.4 Å². The molecule has 0 spiro atoms. The Balaban J connectivity index is 1.38. The second-order valence-electron chi connectivity index (χ2n) is 9.03. The number of aliphatic hydroxyl groups is 1. The summed E-state index contributed by atoms with van der Waals surface area (Å²) in [6, 6.07) is 24.9. The van der Waals surface area contributed by atoms with Crippen molar-refractivity contribution in [2.24, 2.45) is 0 Å². The summed E-state index contributed by atoms with van der Waals surface area (Å²) >= 11 is 0. The van der Waals surface area contributed by atoms with Gasteiger partial charge in [0.2, 0.25) is 0 Å². The number of rotatable bonds is 4. The Labute approximate surface area is 194 Å². The molecule has 3 aromatic rings. The van der Waals surface area contributed by atoms with Gasteiger partial charge in [-0.15, -0.1) is 0 Å². The quantitative estimate of drug-likeness (QED) is 0.642. The zero-order valence-corrected chi connectivity index (χ0v) is 18.6. The summed E-state index contributed by atoms with van der Waals surface area (Å²) in [7, 11) is 0. The van der Waals surface area contributed by atoms with Crippen molar-refractivity contribution in [3.8, 4) is 11.1 Å². The Morgan fingerprint density at radius 3 is 2.24 bits per heavy atom. The molecule has 33 heavy (non-hydrogen) atoms. The lowest BCUT2D eigenvalue weighted by molar-refractivity contribution is -0.0606. The molecule has 3 atom stereocenters. The van der Waals surface area contributed by atoms with Crippen molar-refractivity contribution in [1.29, 1.82) is 0 Å². The molecule has 2 fully saturated rings. The predicted molar refractivity (Wildman–Crippen MR) is 128 cm³/mol. The largest absolute Gasteiger partial charge is 0.395 e. The summed E-state index contributed by atoms with van der Waals surface area (Å²) in [6.07, 6.45) is 1.91. The van der Waals surface area contributed by atoms with E-state index in [1.807, 2.05) is 23.1 Å². The second-order valence-corrected chi connectivity index (χ2v) is 9.03. The first-order chi connectivity index (χ1) is 16.2. The number of hydrogen-bond donors (Lipinski definition) is 1. The number of hydrogen-bond acceptors (Lipinski definition) is 3. The number of halogens is 1. The van der Waals surface area contributed by atoms with Crippen LogP contribution in [0.3, 0.4) is 0 Å². The van der Waals surface area contributed by atoms with Crippen LogP contribution in [0, 0.1) is 5.82 Å². The van der Waals surface area contributed by atoms with Crippen LogP contribution in [-0.2, 0) is 0 Å². The van der Waals surface area contributed by atoms with E-state index in [2.05, 4.69) is 41.3 Å². The minimum atomic E-state index is -0.339. The number of benzene rings is 3. The fourth-order valence-corrected chi connectivity index (χ4v) is 5.43. The van der Waals surface area contributed by atoms with Gasteiger partial charge in [0.1, 0.15) is 5.82 Å². The number of carbonyl (C=O) groups is 1. The molecular formula is C28H29FN2O2. The third kappa shape index (κ3) is 4.31. The standard InChI is InChI=1S/C28H29FN2O2/c29-24-14-12-23(13-15-24)28(33)30-16-4-5-17-31-25(18-30)27(26(31)19-32)22-10-8-21(9-11-22)20-6-2-1-3-7-20/h1-3,6-15,25-27,32H,4-5,16-19H2/t25-,26+,27+/m0/s1. The smallest absolute Gasteiger partial charge is 0.253 e. The van der Waals surface area contributed by atoms with Crippen molar-refractivity contribution >= 4 is 5.91 Å². The van der Waals surface area contributed by atoms with Gasteiger partial charge >= 0.3 is 0 Å². The zero-order chi connectivity index (χ0) is 22.8. The molecule has 170 valence electrons. The van der Waals surface area contributed by atoms with Crippen molar-refractivity contribution < 1.29 is 14.3 Å². The van der Waals surface area contributed by atoms with Crippen LogP contribution in [0.5, 0.6) is 0 Å². The van der Waals surface area contributed by atoms with Gasteiger partial charge in [-0.1, -0.05) is 54.6 Å². The van der Waals surface area contributed by atoms with Crippen LogP contribution in [0.1, 0.15) is 34.7 Å². The Hall–Kier alpha value is -3.02. The molecule has 1 amide bonds. The van der Waals surface area contributed by atoms with Crippen LogP contribution in [0.2, 0.25) is 0 Å². The number of nitrogens with zero attached hydrogens (tertiary/aromatic N) is 2. The minimum absolute atomic E-state index is 0.0533. The molecular weight excluding hydrogens is 415 g/mol. The highest BCUT2D eigenvalue weighted by Gasteiger charge is 2.49. The van der Waals surface area contributed by atoms with E-state index in [1.165, 1.54) is 28.8 Å². The van der Waals surface area contributed by atoms with Crippen LogP contribution < -0.4 is 0 Å². The van der Waals surface area contributed by atoms with Gasteiger partial charge in [0.25, 0.3) is 5.91 Å². The third-order valence-corrected chi connectivity index (χ3v) is 7.15. The molecule has 0 bridgehead atoms. The van der Waals surface area contributed by atoms with Crippen LogP contribution >= 0.6 is 0 Å². The van der Waals surface area contributed by atoms with Crippen LogP contribution in [0.15, 0.2) is 78.9 Å². The Bertz CT molecular complexity index is 1090. The fourth-order valence-electron chi connectivity index (χ4n) is 5.43. The summed E-state index contributed by atoms with van der Waals surface area (Å²) in [5.41, 5.74) is 4.07. The van der Waals surface area contributed by atoms with Crippen LogP contribution in [0.4, 0.5) is 4.39 Å². The molecule has 2 aliphatic rings. The first kappa shape index (κ1) is 21.8. The predicted octanol–water partition coefficient (Wildman–Crippen LogP) is 4.56. The van der Waals surface area contributed by atoms with E-state index in [1.54, 1.807) is 12.1 Å². The molecule has 0 aliphatic carbocycles. The lowest BCUT2D eigenvalue weighted by Crippen LogP contribution is -2.67. The number of aliphatic hydroxyl groups excluding tert-OH is 1. The molecule has 2 aliphatic heterocycles. The average Bonchev–Trinajstić information content (AvgIpc) is 2.84. The Morgan fingerprint density at radius 1 is 0.879 bits per heavy atom. The summed E-state index contributed by atoms with van der Waals surface area (Å²) < 4.78 is 13.3. The fraction of sp³-hybridized carbons (Fsp3) is 0.321. The molecule has 0 radical (unpaired) electrons. The zero-order valence-electron chi connectivity index (χ0n) is 18.6. The van der Waals surface area contributed by atoms with Crippen LogP contribution in [-0.4, -0.2) is 59.1 Å². The molecule has 5 rings (SSSR count). The van der Waals surface area contributed by atoms with Crippen molar-refractivity contribution in [3.63, 3.8) is 0 Å². The van der Waals surface area contributed by atoms with E-state index < -0.39 is 0 Å².